The van der Waals surface area contributed by atoms with Gasteiger partial charge in [-0.2, -0.15) is 0 Å². The quantitative estimate of drug-likeness (QED) is 0.821. The minimum atomic E-state index is -0.130. The first-order chi connectivity index (χ1) is 14.2. The van der Waals surface area contributed by atoms with E-state index in [0.29, 0.717) is 6.54 Å². The minimum Gasteiger partial charge on any atom is -0.353 e. The van der Waals surface area contributed by atoms with E-state index >= 15 is 0 Å². The predicted molar refractivity (Wildman–Crippen MR) is 113 cm³/mol. The van der Waals surface area contributed by atoms with E-state index in [9.17, 15) is 9.59 Å². The molecule has 1 saturated heterocycles. The predicted octanol–water partition coefficient (Wildman–Crippen LogP) is 2.72. The molecular weight excluding hydrogens is 364 g/mol. The number of hydrogen-bond acceptors (Lipinski definition) is 4. The second-order valence-electron chi connectivity index (χ2n) is 7.97. The maximum atomic E-state index is 12.9. The van der Waals surface area contributed by atoms with Crippen molar-refractivity contribution in [2.75, 3.05) is 25.0 Å². The highest BCUT2D eigenvalue weighted by Gasteiger charge is 2.30. The highest BCUT2D eigenvalue weighted by molar-refractivity contribution is 5.92. The van der Waals surface area contributed by atoms with Gasteiger partial charge in [-0.25, -0.2) is 0 Å². The summed E-state index contributed by atoms with van der Waals surface area (Å²) in [6, 6.07) is 13.7. The van der Waals surface area contributed by atoms with Crippen LogP contribution >= 0.6 is 0 Å². The summed E-state index contributed by atoms with van der Waals surface area (Å²) in [5.41, 5.74) is 2.98. The summed E-state index contributed by atoms with van der Waals surface area (Å²) >= 11 is 0. The first-order valence-corrected chi connectivity index (χ1v) is 10.5. The number of para-hydroxylation sites is 1. The molecule has 0 saturated carbocycles. The number of anilines is 1. The number of carbonyl (C=O) groups excluding carboxylic acids is 2. The van der Waals surface area contributed by atoms with E-state index in [-0.39, 0.29) is 23.8 Å². The third-order valence-electron chi connectivity index (χ3n) is 5.87. The molecule has 29 heavy (non-hydrogen) atoms. The van der Waals surface area contributed by atoms with Crippen LogP contribution in [0.1, 0.15) is 42.9 Å². The van der Waals surface area contributed by atoms with Gasteiger partial charge in [-0.15, -0.1) is 0 Å². The van der Waals surface area contributed by atoms with E-state index in [1.54, 1.807) is 6.20 Å². The molecular formula is C23H28N4O2. The molecule has 1 atom stereocenters. The standard InChI is InChI=1S/C23H28N4O2/c28-21(25-18-8-2-1-3-9-18)16-27-14-11-19(12-15-27)26-23(29)20-10-4-6-17-7-5-13-24-22(17)20/h1-3,5,7-9,13,19-20H,4,6,10-12,14-16H2,(H,25,28)(H,26,29). The number of aryl methyl sites for hydroxylation is 1. The van der Waals surface area contributed by atoms with Gasteiger partial charge in [0.15, 0.2) is 0 Å². The molecule has 1 unspecified atom stereocenters. The lowest BCUT2D eigenvalue weighted by Crippen LogP contribution is -2.47. The summed E-state index contributed by atoms with van der Waals surface area (Å²) in [7, 11) is 0. The average Bonchev–Trinajstić information content (AvgIpc) is 2.75. The Kier molecular flexibility index (Phi) is 6.20. The second-order valence-corrected chi connectivity index (χ2v) is 7.97. The zero-order valence-electron chi connectivity index (χ0n) is 16.6. The van der Waals surface area contributed by atoms with Crippen molar-refractivity contribution in [2.24, 2.45) is 0 Å². The zero-order chi connectivity index (χ0) is 20.1. The minimum absolute atomic E-state index is 0.00331. The van der Waals surface area contributed by atoms with Crippen LogP contribution in [0.4, 0.5) is 5.69 Å². The van der Waals surface area contributed by atoms with Crippen LogP contribution in [0.5, 0.6) is 0 Å². The summed E-state index contributed by atoms with van der Waals surface area (Å²) in [5.74, 6) is -0.0249. The van der Waals surface area contributed by atoms with Gasteiger partial charge < -0.3 is 10.6 Å². The van der Waals surface area contributed by atoms with Crippen LogP contribution in [0.25, 0.3) is 0 Å². The number of carbonyl (C=O) groups is 2. The molecule has 4 rings (SSSR count). The number of pyridine rings is 1. The van der Waals surface area contributed by atoms with Gasteiger partial charge in [0.25, 0.3) is 0 Å². The number of nitrogens with zero attached hydrogens (tertiary/aromatic N) is 2. The van der Waals surface area contributed by atoms with Gasteiger partial charge in [0.05, 0.1) is 18.2 Å². The van der Waals surface area contributed by atoms with Gasteiger partial charge in [0, 0.05) is 31.0 Å². The van der Waals surface area contributed by atoms with E-state index in [1.807, 2.05) is 36.4 Å². The van der Waals surface area contributed by atoms with Gasteiger partial charge in [0.2, 0.25) is 11.8 Å². The number of aromatic nitrogens is 1. The van der Waals surface area contributed by atoms with Gasteiger partial charge in [-0.3, -0.25) is 19.5 Å². The molecule has 1 aliphatic carbocycles. The fourth-order valence-electron chi connectivity index (χ4n) is 4.33. The summed E-state index contributed by atoms with van der Waals surface area (Å²) in [6.45, 7) is 2.01. The Labute approximate surface area is 171 Å². The molecule has 1 aliphatic heterocycles. The van der Waals surface area contributed by atoms with E-state index in [0.717, 1.165) is 56.6 Å². The number of piperidine rings is 1. The summed E-state index contributed by atoms with van der Waals surface area (Å²) in [6.07, 6.45) is 6.43. The summed E-state index contributed by atoms with van der Waals surface area (Å²) in [4.78, 5) is 31.7. The lowest BCUT2D eigenvalue weighted by Gasteiger charge is -2.33. The van der Waals surface area contributed by atoms with Gasteiger partial charge in [0.1, 0.15) is 0 Å². The molecule has 0 bridgehead atoms. The average molecular weight is 393 g/mol. The lowest BCUT2D eigenvalue weighted by molar-refractivity contribution is -0.124. The first-order valence-electron chi connectivity index (χ1n) is 10.5. The molecule has 1 fully saturated rings. The highest BCUT2D eigenvalue weighted by Crippen LogP contribution is 2.30. The maximum absolute atomic E-state index is 12.9. The number of rotatable bonds is 5. The van der Waals surface area contributed by atoms with E-state index in [1.165, 1.54) is 5.56 Å². The molecule has 2 amide bonds. The number of fused-ring (bicyclic) bond motifs is 1. The summed E-state index contributed by atoms with van der Waals surface area (Å²) in [5, 5.41) is 6.16. The number of nitrogens with one attached hydrogen (secondary N) is 2. The molecule has 2 aliphatic rings. The van der Waals surface area contributed by atoms with Gasteiger partial charge in [-0.05, 0) is 55.9 Å². The van der Waals surface area contributed by atoms with Crippen molar-refractivity contribution in [1.29, 1.82) is 0 Å². The van der Waals surface area contributed by atoms with Crippen LogP contribution in [0, 0.1) is 0 Å². The van der Waals surface area contributed by atoms with E-state index < -0.39 is 0 Å². The molecule has 1 aromatic heterocycles. The SMILES string of the molecule is O=C(CN1CCC(NC(=O)C2CCCc3cccnc32)CC1)Nc1ccccc1. The molecule has 2 aromatic rings. The lowest BCUT2D eigenvalue weighted by atomic mass is 9.85. The van der Waals surface area contributed by atoms with Crippen molar-refractivity contribution in [1.82, 2.24) is 15.2 Å². The Balaban J connectivity index is 1.24. The number of benzene rings is 1. The fourth-order valence-corrected chi connectivity index (χ4v) is 4.33. The summed E-state index contributed by atoms with van der Waals surface area (Å²) < 4.78 is 0. The number of hydrogen-bond donors (Lipinski definition) is 2. The van der Waals surface area contributed by atoms with Crippen LogP contribution in [-0.4, -0.2) is 47.4 Å². The van der Waals surface area contributed by atoms with Crippen molar-refractivity contribution >= 4 is 17.5 Å². The molecule has 0 spiro atoms. The second kappa shape index (κ2) is 9.18. The Morgan fingerprint density at radius 1 is 1.03 bits per heavy atom. The Morgan fingerprint density at radius 2 is 1.83 bits per heavy atom. The maximum Gasteiger partial charge on any atom is 0.238 e. The highest BCUT2D eigenvalue weighted by atomic mass is 16.2. The topological polar surface area (TPSA) is 74.3 Å². The van der Waals surface area contributed by atoms with Crippen LogP contribution < -0.4 is 10.6 Å². The normalized spacial score (nSPS) is 19.9. The van der Waals surface area contributed by atoms with Crippen molar-refractivity contribution < 1.29 is 9.59 Å². The van der Waals surface area contributed by atoms with Crippen LogP contribution in [0.3, 0.4) is 0 Å². The Bertz CT molecular complexity index is 847. The molecule has 2 N–H and O–H groups in total. The largest absolute Gasteiger partial charge is 0.353 e. The van der Waals surface area contributed by atoms with E-state index in [4.69, 9.17) is 0 Å². The molecule has 0 radical (unpaired) electrons. The van der Waals surface area contributed by atoms with Crippen LogP contribution in [0.2, 0.25) is 0 Å². The van der Waals surface area contributed by atoms with Crippen LogP contribution in [-0.2, 0) is 16.0 Å². The zero-order valence-corrected chi connectivity index (χ0v) is 16.6. The number of likely N-dealkylation sites (tertiary alicyclic amines) is 1. The molecule has 6 nitrogen and oxygen atoms in total. The van der Waals surface area contributed by atoms with Crippen molar-refractivity contribution in [3.63, 3.8) is 0 Å². The van der Waals surface area contributed by atoms with Gasteiger partial charge in [-0.1, -0.05) is 24.3 Å². The van der Waals surface area contributed by atoms with Gasteiger partial charge >= 0.3 is 0 Å². The molecule has 2 heterocycles. The third-order valence-corrected chi connectivity index (χ3v) is 5.87. The molecule has 6 heteroatoms. The van der Waals surface area contributed by atoms with Crippen molar-refractivity contribution in [3.8, 4) is 0 Å². The monoisotopic (exact) mass is 392 g/mol. The molecule has 152 valence electrons. The van der Waals surface area contributed by atoms with Crippen LogP contribution in [0.15, 0.2) is 48.7 Å². The molecule has 1 aromatic carbocycles. The Morgan fingerprint density at radius 3 is 2.62 bits per heavy atom. The van der Waals surface area contributed by atoms with Crippen molar-refractivity contribution in [3.05, 3.63) is 59.9 Å². The Hall–Kier alpha value is -2.73. The van der Waals surface area contributed by atoms with Crippen molar-refractivity contribution in [2.45, 2.75) is 44.1 Å². The smallest absolute Gasteiger partial charge is 0.238 e. The fraction of sp³-hybridized carbons (Fsp3) is 0.435. The van der Waals surface area contributed by atoms with E-state index in [2.05, 4.69) is 26.6 Å². The number of amides is 2. The first kappa shape index (κ1) is 19.6. The third kappa shape index (κ3) is 5.01.